The lowest BCUT2D eigenvalue weighted by Gasteiger charge is -2.36. The molecule has 0 aliphatic carbocycles. The van der Waals surface area contributed by atoms with E-state index in [9.17, 15) is 9.59 Å². The second-order valence-electron chi connectivity index (χ2n) is 10.9. The van der Waals surface area contributed by atoms with E-state index in [0.29, 0.717) is 41.0 Å². The van der Waals surface area contributed by atoms with Crippen LogP contribution in [0.4, 0.5) is 10.5 Å². The molecule has 1 unspecified atom stereocenters. The Morgan fingerprint density at radius 2 is 1.69 bits per heavy atom. The fourth-order valence-electron chi connectivity index (χ4n) is 5.31. The number of pyridine rings is 1. The molecular formula is C32H42Cl2N4O4. The molecule has 1 fully saturated rings. The predicted molar refractivity (Wildman–Crippen MR) is 171 cm³/mol. The summed E-state index contributed by atoms with van der Waals surface area (Å²) in [5.74, 6) is 0.577. The summed E-state index contributed by atoms with van der Waals surface area (Å²) in [4.78, 5) is 32.2. The van der Waals surface area contributed by atoms with Crippen LogP contribution in [0, 0.1) is 5.92 Å². The van der Waals surface area contributed by atoms with Crippen LogP contribution in [0.5, 0.6) is 5.75 Å². The first kappa shape index (κ1) is 32.0. The monoisotopic (exact) mass is 616 g/mol. The van der Waals surface area contributed by atoms with E-state index < -0.39 is 12.3 Å². The van der Waals surface area contributed by atoms with Crippen molar-refractivity contribution in [3.05, 3.63) is 68.9 Å². The maximum Gasteiger partial charge on any atom is 0.411 e. The van der Waals surface area contributed by atoms with E-state index in [2.05, 4.69) is 9.80 Å². The van der Waals surface area contributed by atoms with Crippen molar-refractivity contribution >= 4 is 45.9 Å². The zero-order chi connectivity index (χ0) is 30.2. The first-order valence-corrected chi connectivity index (χ1v) is 15.6. The lowest BCUT2D eigenvalue weighted by Crippen LogP contribution is -2.46. The number of hydrogen-bond acceptors (Lipinski definition) is 6. The molecule has 1 atom stereocenters. The fraction of sp³-hybridized carbons (Fsp3) is 0.500. The number of rotatable bonds is 12. The second kappa shape index (κ2) is 15.0. The van der Waals surface area contributed by atoms with Gasteiger partial charge in [-0.05, 0) is 69.0 Å². The summed E-state index contributed by atoms with van der Waals surface area (Å²) in [5.41, 5.74) is 1.46. The summed E-state index contributed by atoms with van der Waals surface area (Å²) in [5, 5.41) is 2.09. The Bertz CT molecular complexity index is 1400. The first-order valence-electron chi connectivity index (χ1n) is 14.9. The molecule has 1 aromatic heterocycles. The molecule has 4 rings (SSSR count). The molecule has 0 N–H and O–H groups in total. The molecule has 42 heavy (non-hydrogen) atoms. The fourth-order valence-corrected chi connectivity index (χ4v) is 5.72. The molecule has 1 aliphatic rings. The number of halogens is 2. The smallest absolute Gasteiger partial charge is 0.411 e. The van der Waals surface area contributed by atoms with Crippen LogP contribution in [0.2, 0.25) is 10.0 Å². The second-order valence-corrected chi connectivity index (χ2v) is 11.7. The number of anilines is 1. The Hall–Kier alpha value is -2.94. The van der Waals surface area contributed by atoms with Gasteiger partial charge in [0.25, 0.3) is 5.56 Å². The van der Waals surface area contributed by atoms with Crippen LogP contribution in [0.3, 0.4) is 0 Å². The number of unbranched alkanes of at least 4 members (excludes halogenated alkanes) is 1. The van der Waals surface area contributed by atoms with Crippen LogP contribution in [0.1, 0.15) is 46.8 Å². The Balaban J connectivity index is 1.33. The van der Waals surface area contributed by atoms with E-state index in [1.54, 1.807) is 15.5 Å². The summed E-state index contributed by atoms with van der Waals surface area (Å²) in [6.07, 6.45) is 0.771. The molecule has 2 aromatic carbocycles. The maximum absolute atomic E-state index is 13.1. The van der Waals surface area contributed by atoms with E-state index in [0.717, 1.165) is 56.6 Å². The normalized spacial score (nSPS) is 14.8. The van der Waals surface area contributed by atoms with Crippen LogP contribution in [-0.4, -0.2) is 72.9 Å². The molecule has 3 aromatic rings. The number of carbonyl (C=O) groups excluding carboxylic acids is 1. The molecule has 0 bridgehead atoms. The lowest BCUT2D eigenvalue weighted by molar-refractivity contribution is 0.00409. The number of ether oxygens (including phenoxy) is 2. The number of nitrogens with zero attached hydrogens (tertiary/aromatic N) is 4. The quantitative estimate of drug-likeness (QED) is 0.206. The van der Waals surface area contributed by atoms with Gasteiger partial charge in [0.15, 0.2) is 6.23 Å². The van der Waals surface area contributed by atoms with Gasteiger partial charge in [0.1, 0.15) is 5.75 Å². The highest BCUT2D eigenvalue weighted by molar-refractivity contribution is 6.43. The number of fused-ring (bicyclic) bond motifs is 1. The molecule has 0 radical (unpaired) electrons. The molecular weight excluding hydrogens is 575 g/mol. The van der Waals surface area contributed by atoms with Crippen molar-refractivity contribution in [2.45, 2.75) is 46.8 Å². The summed E-state index contributed by atoms with van der Waals surface area (Å²) in [6.45, 7) is 14.1. The van der Waals surface area contributed by atoms with Crippen LogP contribution < -0.4 is 15.2 Å². The summed E-state index contributed by atoms with van der Waals surface area (Å²) in [7, 11) is 0. The average molecular weight is 618 g/mol. The Morgan fingerprint density at radius 3 is 2.38 bits per heavy atom. The third-order valence-corrected chi connectivity index (χ3v) is 8.56. The van der Waals surface area contributed by atoms with Crippen molar-refractivity contribution in [3.63, 3.8) is 0 Å². The number of benzene rings is 2. The molecule has 10 heteroatoms. The summed E-state index contributed by atoms with van der Waals surface area (Å²) in [6, 6.07) is 14.8. The van der Waals surface area contributed by atoms with E-state index in [1.807, 2.05) is 64.1 Å². The first-order chi connectivity index (χ1) is 20.2. The molecule has 0 saturated carbocycles. The lowest BCUT2D eigenvalue weighted by atomic mass is 10.1. The highest BCUT2D eigenvalue weighted by atomic mass is 35.5. The number of piperazine rings is 1. The molecule has 2 heterocycles. The van der Waals surface area contributed by atoms with E-state index in [-0.39, 0.29) is 11.5 Å². The molecule has 1 amide bonds. The van der Waals surface area contributed by atoms with Gasteiger partial charge in [0.05, 0.1) is 27.9 Å². The minimum atomic E-state index is -0.736. The van der Waals surface area contributed by atoms with Gasteiger partial charge in [-0.25, -0.2) is 4.79 Å². The predicted octanol–water partition coefficient (Wildman–Crippen LogP) is 6.92. The standard InChI is InChI=1S/C32H42Cl2N4O4/c1-5-36(6-2)32(40)42-31(23(3)4)38-28-22-25(14-12-24(28)13-15-29(38)39)41-21-8-7-16-35-17-19-37(20-18-35)27-11-9-10-26(33)30(27)34/h9-15,22-23,31H,5-8,16-21H2,1-4H3. The Kier molecular flexibility index (Phi) is 11.4. The largest absolute Gasteiger partial charge is 0.494 e. The van der Waals surface area contributed by atoms with Gasteiger partial charge in [-0.1, -0.05) is 43.1 Å². The molecule has 1 saturated heterocycles. The summed E-state index contributed by atoms with van der Waals surface area (Å²) < 4.78 is 13.6. The van der Waals surface area contributed by atoms with Crippen LogP contribution in [0.15, 0.2) is 53.3 Å². The van der Waals surface area contributed by atoms with Gasteiger partial charge < -0.3 is 19.3 Å². The van der Waals surface area contributed by atoms with Gasteiger partial charge in [0.2, 0.25) is 0 Å². The van der Waals surface area contributed by atoms with Crippen LogP contribution in [-0.2, 0) is 4.74 Å². The zero-order valence-electron chi connectivity index (χ0n) is 25.0. The maximum atomic E-state index is 13.1. The van der Waals surface area contributed by atoms with E-state index >= 15 is 0 Å². The van der Waals surface area contributed by atoms with Crippen molar-refractivity contribution in [3.8, 4) is 5.75 Å². The third-order valence-electron chi connectivity index (χ3n) is 7.75. The van der Waals surface area contributed by atoms with Gasteiger partial charge in [-0.3, -0.25) is 14.3 Å². The number of amides is 1. The Labute approximate surface area is 258 Å². The highest BCUT2D eigenvalue weighted by Gasteiger charge is 2.25. The Morgan fingerprint density at radius 1 is 0.976 bits per heavy atom. The SMILES string of the molecule is CCN(CC)C(=O)OC(C(C)C)n1c(=O)ccc2ccc(OCCCCN3CCN(c4cccc(Cl)c4Cl)CC3)cc21. The van der Waals surface area contributed by atoms with Gasteiger partial charge in [-0.2, -0.15) is 0 Å². The van der Waals surface area contributed by atoms with Gasteiger partial charge >= 0.3 is 6.09 Å². The van der Waals surface area contributed by atoms with Gasteiger partial charge in [-0.15, -0.1) is 0 Å². The average Bonchev–Trinajstić information content (AvgIpc) is 2.98. The van der Waals surface area contributed by atoms with Crippen LogP contribution in [0.25, 0.3) is 10.9 Å². The van der Waals surface area contributed by atoms with Crippen molar-refractivity contribution in [1.82, 2.24) is 14.4 Å². The van der Waals surface area contributed by atoms with Crippen molar-refractivity contribution < 1.29 is 14.3 Å². The zero-order valence-corrected chi connectivity index (χ0v) is 26.5. The highest BCUT2D eigenvalue weighted by Crippen LogP contribution is 2.33. The topological polar surface area (TPSA) is 67.2 Å². The van der Waals surface area contributed by atoms with Crippen LogP contribution >= 0.6 is 23.2 Å². The third kappa shape index (κ3) is 7.71. The van der Waals surface area contributed by atoms with E-state index in [4.69, 9.17) is 32.7 Å². The van der Waals surface area contributed by atoms with E-state index in [1.165, 1.54) is 6.07 Å². The van der Waals surface area contributed by atoms with Gasteiger partial charge in [0, 0.05) is 57.3 Å². The van der Waals surface area contributed by atoms with Crippen molar-refractivity contribution in [1.29, 1.82) is 0 Å². The minimum Gasteiger partial charge on any atom is -0.494 e. The number of carbonyl (C=O) groups is 1. The number of hydrogen-bond donors (Lipinski definition) is 0. The summed E-state index contributed by atoms with van der Waals surface area (Å²) >= 11 is 12.6. The molecule has 1 aliphatic heterocycles. The molecule has 228 valence electrons. The number of aromatic nitrogens is 1. The van der Waals surface area contributed by atoms with Crippen molar-refractivity contribution in [2.75, 3.05) is 57.3 Å². The van der Waals surface area contributed by atoms with Crippen molar-refractivity contribution in [2.24, 2.45) is 5.92 Å². The minimum absolute atomic E-state index is 0.110. The molecule has 0 spiro atoms. The molecule has 8 nitrogen and oxygen atoms in total.